The number of carbonyl (C=O) groups excluding carboxylic acids is 1. The molecule has 60 valence electrons. The van der Waals surface area contributed by atoms with E-state index in [1.165, 1.54) is 6.08 Å². The van der Waals surface area contributed by atoms with Crippen LogP contribution in [0.3, 0.4) is 0 Å². The summed E-state index contributed by atoms with van der Waals surface area (Å²) in [7, 11) is 0. The molecule has 0 saturated heterocycles. The molecule has 1 unspecified atom stereocenters. The molecule has 0 amide bonds. The Hall–Kier alpha value is -1.01. The molecule has 0 aromatic heterocycles. The van der Waals surface area contributed by atoms with Crippen molar-refractivity contribution in [1.29, 1.82) is 5.26 Å². The average Bonchev–Trinajstić information content (AvgIpc) is 2.01. The molecule has 0 fully saturated rings. The van der Waals surface area contributed by atoms with E-state index in [1.807, 2.05) is 0 Å². The summed E-state index contributed by atoms with van der Waals surface area (Å²) in [6.45, 7) is 3.31. The SMILES string of the molecule is C=CC(C#N)OC(=O)CCCl. The highest BCUT2D eigenvalue weighted by molar-refractivity contribution is 6.18. The third-order valence-corrected chi connectivity index (χ3v) is 1.09. The Morgan fingerprint density at radius 1 is 1.91 bits per heavy atom. The summed E-state index contributed by atoms with van der Waals surface area (Å²) in [5.74, 6) is -0.278. The predicted octanol–water partition coefficient (Wildman–Crippen LogP) is 1.24. The van der Waals surface area contributed by atoms with Crippen molar-refractivity contribution in [1.82, 2.24) is 0 Å². The van der Waals surface area contributed by atoms with Gasteiger partial charge in [-0.05, 0) is 6.08 Å². The fourth-order valence-electron chi connectivity index (χ4n) is 0.405. The number of hydrogen-bond donors (Lipinski definition) is 0. The highest BCUT2D eigenvalue weighted by Gasteiger charge is 2.07. The largest absolute Gasteiger partial charge is 0.443 e. The molecule has 0 bridgehead atoms. The van der Waals surface area contributed by atoms with E-state index in [0.717, 1.165) is 0 Å². The van der Waals surface area contributed by atoms with Crippen molar-refractivity contribution < 1.29 is 9.53 Å². The number of nitriles is 1. The number of ether oxygens (including phenoxy) is 1. The molecule has 0 aliphatic heterocycles. The minimum atomic E-state index is -0.856. The van der Waals surface area contributed by atoms with E-state index in [4.69, 9.17) is 16.9 Å². The van der Waals surface area contributed by atoms with Crippen LogP contribution in [0.15, 0.2) is 12.7 Å². The maximum absolute atomic E-state index is 10.7. The number of halogens is 1. The number of nitrogens with zero attached hydrogens (tertiary/aromatic N) is 1. The van der Waals surface area contributed by atoms with Crippen molar-refractivity contribution in [2.24, 2.45) is 0 Å². The summed E-state index contributed by atoms with van der Waals surface area (Å²) in [6, 6.07) is 1.74. The molecule has 0 aromatic rings. The van der Waals surface area contributed by atoms with Crippen molar-refractivity contribution in [2.45, 2.75) is 12.5 Å². The van der Waals surface area contributed by atoms with E-state index < -0.39 is 12.1 Å². The molecule has 0 spiro atoms. The zero-order chi connectivity index (χ0) is 8.69. The van der Waals surface area contributed by atoms with Crippen LogP contribution in [0.25, 0.3) is 0 Å². The molecule has 4 heteroatoms. The van der Waals surface area contributed by atoms with Gasteiger partial charge in [-0.1, -0.05) is 6.58 Å². The topological polar surface area (TPSA) is 50.1 Å². The molecule has 0 aliphatic rings. The zero-order valence-electron chi connectivity index (χ0n) is 5.92. The maximum atomic E-state index is 10.7. The Kier molecular flexibility index (Phi) is 5.22. The number of alkyl halides is 1. The summed E-state index contributed by atoms with van der Waals surface area (Å²) in [5.41, 5.74) is 0. The lowest BCUT2D eigenvalue weighted by Crippen LogP contribution is -2.13. The van der Waals surface area contributed by atoms with Crippen LogP contribution in [0, 0.1) is 11.3 Å². The predicted molar refractivity (Wildman–Crippen MR) is 41.0 cm³/mol. The molecule has 0 aliphatic carbocycles. The molecular formula is C7H8ClNO2. The van der Waals surface area contributed by atoms with Gasteiger partial charge in [0.2, 0.25) is 6.10 Å². The Morgan fingerprint density at radius 3 is 2.91 bits per heavy atom. The quantitative estimate of drug-likeness (QED) is 0.365. The fraction of sp³-hybridized carbons (Fsp3) is 0.429. The second-order valence-corrected chi connectivity index (χ2v) is 2.09. The van der Waals surface area contributed by atoms with Gasteiger partial charge in [0.05, 0.1) is 6.42 Å². The first-order chi connectivity index (χ1) is 5.24. The first-order valence-corrected chi connectivity index (χ1v) is 3.55. The van der Waals surface area contributed by atoms with Gasteiger partial charge in [0.25, 0.3) is 0 Å². The number of carbonyl (C=O) groups is 1. The van der Waals surface area contributed by atoms with Crippen molar-refractivity contribution in [2.75, 3.05) is 5.88 Å². The van der Waals surface area contributed by atoms with E-state index in [9.17, 15) is 4.79 Å². The van der Waals surface area contributed by atoms with E-state index >= 15 is 0 Å². The van der Waals surface area contributed by atoms with Crippen LogP contribution < -0.4 is 0 Å². The van der Waals surface area contributed by atoms with E-state index in [-0.39, 0.29) is 12.3 Å². The third-order valence-electron chi connectivity index (χ3n) is 0.898. The van der Waals surface area contributed by atoms with Crippen LogP contribution in [0.4, 0.5) is 0 Å². The zero-order valence-corrected chi connectivity index (χ0v) is 6.67. The molecule has 0 saturated carbocycles. The molecular weight excluding hydrogens is 166 g/mol. The molecule has 0 rings (SSSR count). The lowest BCUT2D eigenvalue weighted by molar-refractivity contribution is -0.144. The Bertz CT molecular complexity index is 185. The molecule has 0 N–H and O–H groups in total. The highest BCUT2D eigenvalue weighted by atomic mass is 35.5. The van der Waals surface area contributed by atoms with Crippen LogP contribution in [-0.2, 0) is 9.53 Å². The van der Waals surface area contributed by atoms with Crippen LogP contribution in [-0.4, -0.2) is 18.0 Å². The molecule has 0 radical (unpaired) electrons. The van der Waals surface area contributed by atoms with Crippen LogP contribution in [0.1, 0.15) is 6.42 Å². The van der Waals surface area contributed by atoms with Gasteiger partial charge in [0.1, 0.15) is 6.07 Å². The Morgan fingerprint density at radius 2 is 2.55 bits per heavy atom. The van der Waals surface area contributed by atoms with Gasteiger partial charge in [0, 0.05) is 5.88 Å². The summed E-state index contributed by atoms with van der Waals surface area (Å²) in [6.07, 6.45) is 0.519. The van der Waals surface area contributed by atoms with Crippen LogP contribution >= 0.6 is 11.6 Å². The smallest absolute Gasteiger partial charge is 0.308 e. The lowest BCUT2D eigenvalue weighted by atomic mass is 10.4. The van der Waals surface area contributed by atoms with Crippen molar-refractivity contribution in [3.8, 4) is 6.07 Å². The van der Waals surface area contributed by atoms with Gasteiger partial charge in [-0.15, -0.1) is 11.6 Å². The molecule has 11 heavy (non-hydrogen) atoms. The molecule has 0 heterocycles. The highest BCUT2D eigenvalue weighted by Crippen LogP contribution is 1.96. The first kappa shape index (κ1) is 9.99. The van der Waals surface area contributed by atoms with Gasteiger partial charge in [-0.3, -0.25) is 4.79 Å². The standard InChI is InChI=1S/C7H8ClNO2/c1-2-6(5-9)11-7(10)3-4-8/h2,6H,1,3-4H2. The second kappa shape index (κ2) is 5.75. The van der Waals surface area contributed by atoms with E-state index in [1.54, 1.807) is 6.07 Å². The molecule has 0 aromatic carbocycles. The average molecular weight is 174 g/mol. The van der Waals surface area contributed by atoms with Gasteiger partial charge in [-0.25, -0.2) is 0 Å². The summed E-state index contributed by atoms with van der Waals surface area (Å²) in [5, 5.41) is 8.31. The minimum Gasteiger partial charge on any atom is -0.443 e. The van der Waals surface area contributed by atoms with Crippen LogP contribution in [0.5, 0.6) is 0 Å². The number of hydrogen-bond acceptors (Lipinski definition) is 3. The molecule has 3 nitrogen and oxygen atoms in total. The van der Waals surface area contributed by atoms with Gasteiger partial charge >= 0.3 is 5.97 Å². The normalized spacial score (nSPS) is 11.3. The first-order valence-electron chi connectivity index (χ1n) is 3.02. The summed E-state index contributed by atoms with van der Waals surface area (Å²) in [4.78, 5) is 10.7. The second-order valence-electron chi connectivity index (χ2n) is 1.71. The van der Waals surface area contributed by atoms with Gasteiger partial charge in [0.15, 0.2) is 0 Å². The van der Waals surface area contributed by atoms with Crippen LogP contribution in [0.2, 0.25) is 0 Å². The van der Waals surface area contributed by atoms with Crippen molar-refractivity contribution >= 4 is 17.6 Å². The van der Waals surface area contributed by atoms with Crippen molar-refractivity contribution in [3.63, 3.8) is 0 Å². The molecule has 1 atom stereocenters. The summed E-state index contributed by atoms with van der Waals surface area (Å²) < 4.78 is 4.59. The number of rotatable bonds is 4. The lowest BCUT2D eigenvalue weighted by Gasteiger charge is -2.03. The van der Waals surface area contributed by atoms with E-state index in [2.05, 4.69) is 11.3 Å². The Balaban J connectivity index is 3.74. The number of esters is 1. The Labute approximate surface area is 70.2 Å². The van der Waals surface area contributed by atoms with Gasteiger partial charge in [-0.2, -0.15) is 5.26 Å². The monoisotopic (exact) mass is 173 g/mol. The van der Waals surface area contributed by atoms with Gasteiger partial charge < -0.3 is 4.74 Å². The summed E-state index contributed by atoms with van der Waals surface area (Å²) >= 11 is 5.26. The van der Waals surface area contributed by atoms with Crippen molar-refractivity contribution in [3.05, 3.63) is 12.7 Å². The fourth-order valence-corrected chi connectivity index (χ4v) is 0.559. The maximum Gasteiger partial charge on any atom is 0.308 e. The third kappa shape index (κ3) is 4.40. The minimum absolute atomic E-state index is 0.119. The van der Waals surface area contributed by atoms with E-state index in [0.29, 0.717) is 0 Å².